The molecule has 0 radical (unpaired) electrons. The van der Waals surface area contributed by atoms with Crippen LogP contribution in [-0.2, 0) is 6.42 Å². The number of phenols is 1. The van der Waals surface area contributed by atoms with Crippen molar-refractivity contribution in [2.24, 2.45) is 5.73 Å². The summed E-state index contributed by atoms with van der Waals surface area (Å²) in [5, 5.41) is 25.2. The number of halogens is 1. The molecule has 4 aromatic rings. The average molecular weight is 561 g/mol. The second-order valence-electron chi connectivity index (χ2n) is 10.1. The van der Waals surface area contributed by atoms with E-state index >= 15 is 0 Å². The summed E-state index contributed by atoms with van der Waals surface area (Å²) in [6.07, 6.45) is 2.37. The van der Waals surface area contributed by atoms with E-state index in [0.29, 0.717) is 41.5 Å². The van der Waals surface area contributed by atoms with E-state index in [1.54, 1.807) is 36.4 Å². The van der Waals surface area contributed by atoms with Crippen LogP contribution in [0, 0.1) is 12.3 Å². The Labute approximate surface area is 239 Å². The van der Waals surface area contributed by atoms with Crippen molar-refractivity contribution >= 4 is 46.4 Å². The van der Waals surface area contributed by atoms with Crippen LogP contribution in [0.25, 0.3) is 10.8 Å². The van der Waals surface area contributed by atoms with Gasteiger partial charge in [0.15, 0.2) is 5.96 Å². The molecule has 0 saturated heterocycles. The van der Waals surface area contributed by atoms with Crippen LogP contribution < -0.4 is 25.8 Å². The van der Waals surface area contributed by atoms with Gasteiger partial charge >= 0.3 is 0 Å². The lowest BCUT2D eigenvalue weighted by Crippen LogP contribution is -2.38. The number of amides is 1. The Morgan fingerprint density at radius 1 is 1.02 bits per heavy atom. The van der Waals surface area contributed by atoms with Crippen LogP contribution in [-0.4, -0.2) is 29.2 Å². The molecule has 0 fully saturated rings. The van der Waals surface area contributed by atoms with Gasteiger partial charge in [0.1, 0.15) is 22.8 Å². The van der Waals surface area contributed by atoms with E-state index in [-0.39, 0.29) is 29.9 Å². The minimum atomic E-state index is -0.386. The van der Waals surface area contributed by atoms with Crippen LogP contribution in [0.1, 0.15) is 41.3 Å². The predicted molar refractivity (Wildman–Crippen MR) is 161 cm³/mol. The fourth-order valence-electron chi connectivity index (χ4n) is 4.93. The zero-order chi connectivity index (χ0) is 27.6. The number of guanidine groups is 1. The van der Waals surface area contributed by atoms with E-state index in [9.17, 15) is 9.90 Å². The molecule has 4 aromatic carbocycles. The molecule has 1 aliphatic rings. The van der Waals surface area contributed by atoms with Crippen molar-refractivity contribution in [3.8, 4) is 17.2 Å². The maximum absolute atomic E-state index is 12.6. The van der Waals surface area contributed by atoms with Crippen molar-refractivity contribution in [1.29, 1.82) is 5.41 Å². The second kappa shape index (κ2) is 11.8. The van der Waals surface area contributed by atoms with Crippen LogP contribution in [0.3, 0.4) is 0 Å². The first-order valence-corrected chi connectivity index (χ1v) is 12.9. The van der Waals surface area contributed by atoms with Gasteiger partial charge in [0, 0.05) is 39.7 Å². The molecule has 8 nitrogen and oxygen atoms in total. The summed E-state index contributed by atoms with van der Waals surface area (Å²) >= 11 is 0. The van der Waals surface area contributed by atoms with Crippen LogP contribution in [0.2, 0.25) is 0 Å². The maximum atomic E-state index is 12.6. The molecular weight excluding hydrogens is 528 g/mol. The lowest BCUT2D eigenvalue weighted by atomic mass is 9.86. The first-order valence-electron chi connectivity index (χ1n) is 12.9. The second-order valence-corrected chi connectivity index (χ2v) is 10.1. The Balaban J connectivity index is 0.00000370. The van der Waals surface area contributed by atoms with Crippen LogP contribution in [0.4, 0.5) is 11.4 Å². The molecule has 208 valence electrons. The molecule has 1 amide bonds. The number of carbonyl (C=O) groups is 1. The van der Waals surface area contributed by atoms with Crippen molar-refractivity contribution < 1.29 is 19.4 Å². The molecule has 1 aliphatic heterocycles. The monoisotopic (exact) mass is 560 g/mol. The van der Waals surface area contributed by atoms with E-state index in [0.717, 1.165) is 40.5 Å². The Bertz CT molecular complexity index is 1540. The zero-order valence-corrected chi connectivity index (χ0v) is 23.2. The number of nitrogens with two attached hydrogens (primary N) is 1. The molecule has 0 spiro atoms. The Kier molecular flexibility index (Phi) is 8.40. The minimum absolute atomic E-state index is 0. The lowest BCUT2D eigenvalue weighted by molar-refractivity contribution is 0.0437. The summed E-state index contributed by atoms with van der Waals surface area (Å²) in [7, 11) is 0. The number of hydrogen-bond donors (Lipinski definition) is 5. The molecule has 1 heterocycles. The summed E-state index contributed by atoms with van der Waals surface area (Å²) < 4.78 is 12.6. The largest absolute Gasteiger partial charge is 0.507 e. The van der Waals surface area contributed by atoms with Gasteiger partial charge in [-0.25, -0.2) is 0 Å². The molecule has 40 heavy (non-hydrogen) atoms. The number of nitrogens with one attached hydrogen (secondary N) is 3. The number of benzene rings is 4. The van der Waals surface area contributed by atoms with E-state index in [1.165, 1.54) is 0 Å². The highest BCUT2D eigenvalue weighted by atomic mass is 35.5. The van der Waals surface area contributed by atoms with E-state index in [1.807, 2.05) is 43.3 Å². The fraction of sp³-hybridized carbons (Fsp3) is 0.226. The highest BCUT2D eigenvalue weighted by Crippen LogP contribution is 2.45. The number of fused-ring (bicyclic) bond motifs is 3. The zero-order valence-electron chi connectivity index (χ0n) is 22.4. The topological polar surface area (TPSA) is 130 Å². The van der Waals surface area contributed by atoms with Crippen molar-refractivity contribution in [1.82, 2.24) is 0 Å². The maximum Gasteiger partial charge on any atom is 0.255 e. The molecule has 6 N–H and O–H groups in total. The van der Waals surface area contributed by atoms with E-state index < -0.39 is 0 Å². The number of anilines is 2. The Morgan fingerprint density at radius 3 is 2.33 bits per heavy atom. The summed E-state index contributed by atoms with van der Waals surface area (Å²) in [6.45, 7) is 4.54. The van der Waals surface area contributed by atoms with Gasteiger partial charge in [-0.3, -0.25) is 10.2 Å². The molecule has 0 aromatic heterocycles. The van der Waals surface area contributed by atoms with Gasteiger partial charge in [-0.2, -0.15) is 0 Å². The first-order chi connectivity index (χ1) is 18.7. The van der Waals surface area contributed by atoms with E-state index in [4.69, 9.17) is 20.6 Å². The average Bonchev–Trinajstić information content (AvgIpc) is 2.92. The van der Waals surface area contributed by atoms with Gasteiger partial charge in [-0.05, 0) is 80.8 Å². The standard InChI is InChI=1S/C31H32N4O4.ClH/c1-19-24-15-16-31(2,39-28(24)26-6-4-3-5-25(26)27(19)36)17-18-38-23-13-11-21(12-14-23)34-29(37)20-7-9-22(10-8-20)35-30(32)33;/h3-14,36H,15-18H2,1-2H3,(H,34,37)(H4,32,33,35);1H. The predicted octanol–water partition coefficient (Wildman–Crippen LogP) is 6.39. The molecule has 9 heteroatoms. The lowest BCUT2D eigenvalue weighted by Gasteiger charge is -2.37. The van der Waals surface area contributed by atoms with Crippen LogP contribution in [0.15, 0.2) is 72.8 Å². The van der Waals surface area contributed by atoms with Crippen LogP contribution >= 0.6 is 12.4 Å². The molecule has 0 bridgehead atoms. The summed E-state index contributed by atoms with van der Waals surface area (Å²) in [5.74, 6) is 1.50. The third-order valence-electron chi connectivity index (χ3n) is 7.20. The number of ether oxygens (including phenoxy) is 2. The third kappa shape index (κ3) is 6.07. The Hall–Kier alpha value is -4.43. The number of rotatable bonds is 7. The van der Waals surface area contributed by atoms with E-state index in [2.05, 4.69) is 17.6 Å². The summed E-state index contributed by atoms with van der Waals surface area (Å²) in [5.41, 5.74) is 8.68. The highest BCUT2D eigenvalue weighted by molar-refractivity contribution is 6.04. The molecule has 0 aliphatic carbocycles. The van der Waals surface area contributed by atoms with Crippen molar-refractivity contribution in [2.45, 2.75) is 38.7 Å². The quantitative estimate of drug-likeness (QED) is 0.132. The molecule has 1 atom stereocenters. The van der Waals surface area contributed by atoms with Gasteiger partial charge < -0.3 is 30.9 Å². The highest BCUT2D eigenvalue weighted by Gasteiger charge is 2.34. The van der Waals surface area contributed by atoms with Gasteiger partial charge in [0.2, 0.25) is 0 Å². The number of aromatic hydroxyl groups is 1. The third-order valence-corrected chi connectivity index (χ3v) is 7.20. The number of phenolic OH excluding ortho intramolecular Hbond substituents is 1. The van der Waals surface area contributed by atoms with Crippen LogP contribution in [0.5, 0.6) is 17.2 Å². The summed E-state index contributed by atoms with van der Waals surface area (Å²) in [4.78, 5) is 12.6. The SMILES string of the molecule is Cc1c2c(c3ccccc3c1O)OC(C)(CCOc1ccc(NC(=O)c3ccc(NC(=N)N)cc3)cc1)CC2.Cl. The van der Waals surface area contributed by atoms with Crippen molar-refractivity contribution in [3.05, 3.63) is 89.5 Å². The van der Waals surface area contributed by atoms with Gasteiger partial charge in [0.05, 0.1) is 6.61 Å². The summed E-state index contributed by atoms with van der Waals surface area (Å²) in [6, 6.07) is 21.8. The minimum Gasteiger partial charge on any atom is -0.507 e. The molecule has 5 rings (SSSR count). The van der Waals surface area contributed by atoms with Crippen molar-refractivity contribution in [2.75, 3.05) is 17.2 Å². The number of carbonyl (C=O) groups excluding carboxylic acids is 1. The number of hydrogen-bond acceptors (Lipinski definition) is 5. The smallest absolute Gasteiger partial charge is 0.255 e. The van der Waals surface area contributed by atoms with Crippen molar-refractivity contribution in [3.63, 3.8) is 0 Å². The van der Waals surface area contributed by atoms with Gasteiger partial charge in [-0.1, -0.05) is 24.3 Å². The first kappa shape index (κ1) is 28.6. The Morgan fingerprint density at radius 2 is 1.65 bits per heavy atom. The fourth-order valence-corrected chi connectivity index (χ4v) is 4.93. The molecule has 1 unspecified atom stereocenters. The molecular formula is C31H33ClN4O4. The van der Waals surface area contributed by atoms with Gasteiger partial charge in [0.25, 0.3) is 5.91 Å². The van der Waals surface area contributed by atoms with Gasteiger partial charge in [-0.15, -0.1) is 12.4 Å². The normalized spacial score (nSPS) is 15.8. The molecule has 0 saturated carbocycles.